The topological polar surface area (TPSA) is 64.3 Å². The maximum atomic E-state index is 11.2. The minimum atomic E-state index is -0.752. The second-order valence-electron chi connectivity index (χ2n) is 5.02. The Hall–Kier alpha value is -1.67. The SMILES string of the molecule is CCSc1cccc(N2CC(C)C(C(=O)O)C2)c1C#N. The molecule has 1 aromatic rings. The summed E-state index contributed by atoms with van der Waals surface area (Å²) in [5.74, 6) is -0.102. The summed E-state index contributed by atoms with van der Waals surface area (Å²) in [5, 5.41) is 18.6. The highest BCUT2D eigenvalue weighted by molar-refractivity contribution is 7.99. The van der Waals surface area contributed by atoms with E-state index in [9.17, 15) is 15.2 Å². The Bertz CT molecular complexity index is 553. The number of nitrogens with zero attached hydrogens (tertiary/aromatic N) is 2. The van der Waals surface area contributed by atoms with Gasteiger partial charge >= 0.3 is 5.97 Å². The zero-order chi connectivity index (χ0) is 14.7. The Labute approximate surface area is 123 Å². The third-order valence-electron chi connectivity index (χ3n) is 3.69. The number of thioether (sulfide) groups is 1. The molecule has 2 rings (SSSR count). The normalized spacial score (nSPS) is 21.8. The fraction of sp³-hybridized carbons (Fsp3) is 0.467. The molecule has 106 valence electrons. The zero-order valence-corrected chi connectivity index (χ0v) is 12.5. The lowest BCUT2D eigenvalue weighted by molar-refractivity contribution is -0.142. The van der Waals surface area contributed by atoms with Gasteiger partial charge in [0.2, 0.25) is 0 Å². The molecule has 1 aliphatic rings. The summed E-state index contributed by atoms with van der Waals surface area (Å²) in [6.07, 6.45) is 0. The predicted octanol–water partition coefficient (Wildman–Crippen LogP) is 2.83. The minimum absolute atomic E-state index is 0.0986. The lowest BCUT2D eigenvalue weighted by Crippen LogP contribution is -2.23. The van der Waals surface area contributed by atoms with E-state index in [0.29, 0.717) is 18.7 Å². The standard InChI is InChI=1S/C15H18N2O2S/c1-3-20-14-6-4-5-13(11(14)7-16)17-8-10(2)12(9-17)15(18)19/h4-6,10,12H,3,8-9H2,1-2H3,(H,18,19). The van der Waals surface area contributed by atoms with Crippen LogP contribution in [0.3, 0.4) is 0 Å². The molecule has 0 aromatic heterocycles. The van der Waals surface area contributed by atoms with Gasteiger partial charge in [-0.25, -0.2) is 0 Å². The van der Waals surface area contributed by atoms with Crippen molar-refractivity contribution in [2.75, 3.05) is 23.7 Å². The van der Waals surface area contributed by atoms with Crippen LogP contribution in [0.4, 0.5) is 5.69 Å². The summed E-state index contributed by atoms with van der Waals surface area (Å²) >= 11 is 1.64. The Morgan fingerprint density at radius 2 is 2.30 bits per heavy atom. The second kappa shape index (κ2) is 6.19. The van der Waals surface area contributed by atoms with E-state index < -0.39 is 5.97 Å². The lowest BCUT2D eigenvalue weighted by Gasteiger charge is -2.20. The number of carboxylic acid groups (broad SMARTS) is 1. The summed E-state index contributed by atoms with van der Waals surface area (Å²) < 4.78 is 0. The summed E-state index contributed by atoms with van der Waals surface area (Å²) in [6.45, 7) is 5.17. The van der Waals surface area contributed by atoms with Crippen LogP contribution in [0.25, 0.3) is 0 Å². The molecule has 0 radical (unpaired) electrons. The van der Waals surface area contributed by atoms with E-state index in [1.54, 1.807) is 11.8 Å². The van der Waals surface area contributed by atoms with Gasteiger partial charge in [0.15, 0.2) is 0 Å². The first-order valence-electron chi connectivity index (χ1n) is 6.72. The van der Waals surface area contributed by atoms with Crippen LogP contribution in [-0.4, -0.2) is 29.9 Å². The van der Waals surface area contributed by atoms with Gasteiger partial charge in [0, 0.05) is 18.0 Å². The highest BCUT2D eigenvalue weighted by Gasteiger charge is 2.35. The van der Waals surface area contributed by atoms with Crippen LogP contribution in [-0.2, 0) is 4.79 Å². The first-order chi connectivity index (χ1) is 9.58. The molecule has 0 bridgehead atoms. The molecule has 1 saturated heterocycles. The van der Waals surface area contributed by atoms with E-state index >= 15 is 0 Å². The first-order valence-corrected chi connectivity index (χ1v) is 7.70. The van der Waals surface area contributed by atoms with Crippen LogP contribution in [0.5, 0.6) is 0 Å². The van der Waals surface area contributed by atoms with Gasteiger partial charge in [0.1, 0.15) is 6.07 Å². The van der Waals surface area contributed by atoms with E-state index in [2.05, 4.69) is 13.0 Å². The zero-order valence-electron chi connectivity index (χ0n) is 11.7. The Kier molecular flexibility index (Phi) is 4.56. The number of carboxylic acids is 1. The van der Waals surface area contributed by atoms with E-state index in [4.69, 9.17) is 0 Å². The van der Waals surface area contributed by atoms with Crippen molar-refractivity contribution < 1.29 is 9.90 Å². The Morgan fingerprint density at radius 1 is 1.55 bits per heavy atom. The molecule has 20 heavy (non-hydrogen) atoms. The molecular formula is C15H18N2O2S. The van der Waals surface area contributed by atoms with Gasteiger partial charge in [-0.3, -0.25) is 4.79 Å². The number of benzene rings is 1. The highest BCUT2D eigenvalue weighted by atomic mass is 32.2. The van der Waals surface area contributed by atoms with Gasteiger partial charge in [-0.1, -0.05) is 19.9 Å². The smallest absolute Gasteiger partial charge is 0.308 e. The minimum Gasteiger partial charge on any atom is -0.481 e. The van der Waals surface area contributed by atoms with Crippen LogP contribution < -0.4 is 4.90 Å². The molecule has 1 fully saturated rings. The van der Waals surface area contributed by atoms with Crippen molar-refractivity contribution in [3.05, 3.63) is 23.8 Å². The molecule has 2 unspecified atom stereocenters. The quantitative estimate of drug-likeness (QED) is 0.864. The summed E-state index contributed by atoms with van der Waals surface area (Å²) in [5.41, 5.74) is 1.53. The molecule has 1 aliphatic heterocycles. The average Bonchev–Trinajstić information content (AvgIpc) is 2.81. The van der Waals surface area contributed by atoms with Crippen molar-refractivity contribution in [3.8, 4) is 6.07 Å². The fourth-order valence-corrected chi connectivity index (χ4v) is 3.44. The highest BCUT2D eigenvalue weighted by Crippen LogP contribution is 2.34. The molecule has 0 aliphatic carbocycles. The molecule has 5 heteroatoms. The van der Waals surface area contributed by atoms with Crippen LogP contribution in [0.15, 0.2) is 23.1 Å². The van der Waals surface area contributed by atoms with Gasteiger partial charge in [0.25, 0.3) is 0 Å². The van der Waals surface area contributed by atoms with Gasteiger partial charge in [-0.05, 0) is 23.8 Å². The molecular weight excluding hydrogens is 272 g/mol. The van der Waals surface area contributed by atoms with Crippen LogP contribution >= 0.6 is 11.8 Å². The second-order valence-corrected chi connectivity index (χ2v) is 6.33. The molecule has 2 atom stereocenters. The Balaban J connectivity index is 2.32. The summed E-state index contributed by atoms with van der Waals surface area (Å²) in [6, 6.07) is 8.07. The third kappa shape index (κ3) is 2.75. The van der Waals surface area contributed by atoms with Gasteiger partial charge in [-0.2, -0.15) is 5.26 Å². The van der Waals surface area contributed by atoms with Crippen molar-refractivity contribution >= 4 is 23.4 Å². The molecule has 4 nitrogen and oxygen atoms in total. The largest absolute Gasteiger partial charge is 0.481 e. The lowest BCUT2D eigenvalue weighted by atomic mass is 9.99. The first kappa shape index (κ1) is 14.7. The van der Waals surface area contributed by atoms with Crippen molar-refractivity contribution in [2.45, 2.75) is 18.7 Å². The maximum Gasteiger partial charge on any atom is 0.308 e. The van der Waals surface area contributed by atoms with E-state index in [-0.39, 0.29) is 11.8 Å². The van der Waals surface area contributed by atoms with Crippen molar-refractivity contribution in [2.24, 2.45) is 11.8 Å². The number of aliphatic carboxylic acids is 1. The summed E-state index contributed by atoms with van der Waals surface area (Å²) in [7, 11) is 0. The number of hydrogen-bond acceptors (Lipinski definition) is 4. The number of rotatable bonds is 4. The third-order valence-corrected chi connectivity index (χ3v) is 4.63. The van der Waals surface area contributed by atoms with Gasteiger partial charge in [0.05, 0.1) is 17.2 Å². The van der Waals surface area contributed by atoms with Gasteiger partial charge < -0.3 is 10.0 Å². The van der Waals surface area contributed by atoms with Crippen LogP contribution in [0, 0.1) is 23.2 Å². The van der Waals surface area contributed by atoms with Crippen molar-refractivity contribution in [1.82, 2.24) is 0 Å². The number of hydrogen-bond donors (Lipinski definition) is 1. The monoisotopic (exact) mass is 290 g/mol. The molecule has 1 heterocycles. The molecule has 0 amide bonds. The van der Waals surface area contributed by atoms with Gasteiger partial charge in [-0.15, -0.1) is 11.8 Å². The van der Waals surface area contributed by atoms with E-state index in [1.165, 1.54) is 0 Å². The molecule has 0 spiro atoms. The van der Waals surface area contributed by atoms with Crippen LogP contribution in [0.1, 0.15) is 19.4 Å². The predicted molar refractivity (Wildman–Crippen MR) is 80.1 cm³/mol. The summed E-state index contributed by atoms with van der Waals surface area (Å²) in [4.78, 5) is 14.2. The number of nitriles is 1. The van der Waals surface area contributed by atoms with E-state index in [1.807, 2.05) is 30.0 Å². The van der Waals surface area contributed by atoms with Crippen LogP contribution in [0.2, 0.25) is 0 Å². The number of anilines is 1. The maximum absolute atomic E-state index is 11.2. The fourth-order valence-electron chi connectivity index (χ4n) is 2.66. The average molecular weight is 290 g/mol. The Morgan fingerprint density at radius 3 is 2.85 bits per heavy atom. The van der Waals surface area contributed by atoms with Crippen molar-refractivity contribution in [1.29, 1.82) is 5.26 Å². The molecule has 1 N–H and O–H groups in total. The molecule has 1 aromatic carbocycles. The van der Waals surface area contributed by atoms with Crippen molar-refractivity contribution in [3.63, 3.8) is 0 Å². The van der Waals surface area contributed by atoms with E-state index in [0.717, 1.165) is 16.3 Å². The number of carbonyl (C=O) groups is 1. The molecule has 0 saturated carbocycles.